The van der Waals surface area contributed by atoms with Crippen LogP contribution in [0.5, 0.6) is 0 Å². The van der Waals surface area contributed by atoms with Gasteiger partial charge < -0.3 is 20.3 Å². The molecule has 6 heteroatoms. The van der Waals surface area contributed by atoms with Crippen molar-refractivity contribution >= 4 is 11.9 Å². The lowest BCUT2D eigenvalue weighted by Gasteiger charge is -2.20. The molecular weight excluding hydrogens is 1090 g/mol. The van der Waals surface area contributed by atoms with Crippen LogP contribution in [0, 0.1) is 0 Å². The highest BCUT2D eigenvalue weighted by molar-refractivity contribution is 5.76. The molecule has 2 unspecified atom stereocenters. The van der Waals surface area contributed by atoms with Crippen molar-refractivity contribution in [1.29, 1.82) is 0 Å². The predicted molar refractivity (Wildman–Crippen MR) is 393 cm³/mol. The van der Waals surface area contributed by atoms with E-state index in [0.717, 1.165) is 38.5 Å². The van der Waals surface area contributed by atoms with Gasteiger partial charge in [0.05, 0.1) is 25.4 Å². The molecule has 528 valence electrons. The number of aliphatic hydroxyl groups excluding tert-OH is 2. The van der Waals surface area contributed by atoms with Crippen LogP contribution in [0.25, 0.3) is 0 Å². The van der Waals surface area contributed by atoms with E-state index in [1.807, 2.05) is 6.08 Å². The van der Waals surface area contributed by atoms with Crippen LogP contribution in [-0.4, -0.2) is 47.4 Å². The molecule has 0 saturated carbocycles. The lowest BCUT2D eigenvalue weighted by Crippen LogP contribution is -2.45. The zero-order chi connectivity index (χ0) is 64.2. The molecule has 89 heavy (non-hydrogen) atoms. The summed E-state index contributed by atoms with van der Waals surface area (Å²) in [5, 5.41) is 23.3. The zero-order valence-electron chi connectivity index (χ0n) is 60.7. The Hall–Kier alpha value is -1.66. The van der Waals surface area contributed by atoms with Gasteiger partial charge >= 0.3 is 5.97 Å². The van der Waals surface area contributed by atoms with E-state index >= 15 is 0 Å². The van der Waals surface area contributed by atoms with E-state index in [9.17, 15) is 19.8 Å². The van der Waals surface area contributed by atoms with Crippen molar-refractivity contribution in [1.82, 2.24) is 5.32 Å². The minimum Gasteiger partial charge on any atom is -0.466 e. The molecule has 1 amide bonds. The Morgan fingerprint density at radius 3 is 0.798 bits per heavy atom. The standard InChI is InChI=1S/C83H161NO5/c1-3-5-7-9-11-13-15-17-19-21-23-24-37-40-43-47-51-55-59-63-67-71-75-81(86)80(79-85)84-82(87)76-72-68-64-60-56-52-48-44-41-38-35-33-31-29-27-25-26-28-30-32-34-36-39-42-46-50-54-58-62-66-70-74-78-89-83(88)77-73-69-65-61-57-53-49-45-22-20-18-16-14-12-10-8-6-4-2/h20,22,71,75,80-81,85-86H,3-19,21,23-70,72-74,76-79H2,1-2H3,(H,84,87)/b22-20-,75-71+. The summed E-state index contributed by atoms with van der Waals surface area (Å²) in [6.45, 7) is 4.96. The molecule has 0 rings (SSSR count). The smallest absolute Gasteiger partial charge is 0.305 e. The van der Waals surface area contributed by atoms with E-state index in [2.05, 4.69) is 31.3 Å². The van der Waals surface area contributed by atoms with E-state index in [1.54, 1.807) is 6.08 Å². The Labute approximate surface area is 558 Å². The summed E-state index contributed by atoms with van der Waals surface area (Å²) in [5.74, 6) is -0.0390. The maximum Gasteiger partial charge on any atom is 0.305 e. The lowest BCUT2D eigenvalue weighted by molar-refractivity contribution is -0.143. The normalized spacial score (nSPS) is 12.5. The Morgan fingerprint density at radius 1 is 0.303 bits per heavy atom. The third-order valence-electron chi connectivity index (χ3n) is 19.5. The number of amides is 1. The maximum atomic E-state index is 12.6. The summed E-state index contributed by atoms with van der Waals surface area (Å²) in [6.07, 6.45) is 102. The number of carbonyl (C=O) groups is 2. The molecule has 0 aliphatic heterocycles. The van der Waals surface area contributed by atoms with E-state index < -0.39 is 12.1 Å². The highest BCUT2D eigenvalue weighted by Crippen LogP contribution is 2.20. The molecule has 0 saturated heterocycles. The number of aliphatic hydroxyl groups is 2. The number of ether oxygens (including phenoxy) is 1. The second-order valence-corrected chi connectivity index (χ2v) is 28.5. The van der Waals surface area contributed by atoms with Crippen molar-refractivity contribution in [2.24, 2.45) is 0 Å². The topological polar surface area (TPSA) is 95.9 Å². The van der Waals surface area contributed by atoms with Gasteiger partial charge in [-0.15, -0.1) is 0 Å². The quantitative estimate of drug-likeness (QED) is 0.0320. The Kier molecular flexibility index (Phi) is 77.3. The third kappa shape index (κ3) is 75.3. The van der Waals surface area contributed by atoms with E-state index in [1.165, 1.54) is 405 Å². The van der Waals surface area contributed by atoms with Crippen molar-refractivity contribution in [3.63, 3.8) is 0 Å². The molecule has 0 radical (unpaired) electrons. The zero-order valence-corrected chi connectivity index (χ0v) is 60.7. The van der Waals surface area contributed by atoms with Crippen LogP contribution in [0.3, 0.4) is 0 Å². The number of rotatable bonds is 78. The average molecular weight is 1250 g/mol. The van der Waals surface area contributed by atoms with Gasteiger partial charge in [0, 0.05) is 12.8 Å². The van der Waals surface area contributed by atoms with Gasteiger partial charge in [-0.2, -0.15) is 0 Å². The van der Waals surface area contributed by atoms with Crippen LogP contribution < -0.4 is 5.32 Å². The van der Waals surface area contributed by atoms with Gasteiger partial charge in [0.15, 0.2) is 0 Å². The minimum atomic E-state index is -0.842. The van der Waals surface area contributed by atoms with E-state index in [0.29, 0.717) is 19.4 Å². The molecule has 0 aliphatic carbocycles. The van der Waals surface area contributed by atoms with Crippen molar-refractivity contribution in [3.8, 4) is 0 Å². The van der Waals surface area contributed by atoms with Gasteiger partial charge in [0.1, 0.15) is 0 Å². The Bertz CT molecular complexity index is 1400. The highest BCUT2D eigenvalue weighted by Gasteiger charge is 2.18. The molecule has 0 fully saturated rings. The van der Waals surface area contributed by atoms with Gasteiger partial charge in [-0.3, -0.25) is 9.59 Å². The first kappa shape index (κ1) is 87.3. The van der Waals surface area contributed by atoms with Crippen molar-refractivity contribution in [2.45, 2.75) is 482 Å². The molecule has 0 aromatic heterocycles. The second kappa shape index (κ2) is 78.8. The fourth-order valence-corrected chi connectivity index (χ4v) is 13.2. The Morgan fingerprint density at radius 2 is 0.528 bits per heavy atom. The van der Waals surface area contributed by atoms with Crippen LogP contribution in [0.15, 0.2) is 24.3 Å². The molecule has 2 atom stereocenters. The van der Waals surface area contributed by atoms with Crippen LogP contribution in [0.4, 0.5) is 0 Å². The third-order valence-corrected chi connectivity index (χ3v) is 19.5. The number of allylic oxidation sites excluding steroid dienone is 3. The monoisotopic (exact) mass is 1250 g/mol. The van der Waals surface area contributed by atoms with Crippen LogP contribution in [-0.2, 0) is 14.3 Å². The number of nitrogens with one attached hydrogen (secondary N) is 1. The first-order valence-corrected chi connectivity index (χ1v) is 41.1. The molecule has 0 aromatic rings. The molecule has 0 heterocycles. The summed E-state index contributed by atoms with van der Waals surface area (Å²) in [7, 11) is 0. The molecule has 0 aromatic carbocycles. The number of hydrogen-bond donors (Lipinski definition) is 3. The predicted octanol–water partition coefficient (Wildman–Crippen LogP) is 27.2. The number of unbranched alkanes of at least 4 members (excludes halogenated alkanes) is 65. The summed E-state index contributed by atoms with van der Waals surface area (Å²) >= 11 is 0. The first-order valence-electron chi connectivity index (χ1n) is 41.1. The van der Waals surface area contributed by atoms with Crippen molar-refractivity contribution < 1.29 is 24.5 Å². The Balaban J connectivity index is 3.34. The number of hydrogen-bond acceptors (Lipinski definition) is 5. The highest BCUT2D eigenvalue weighted by atomic mass is 16.5. The van der Waals surface area contributed by atoms with Crippen molar-refractivity contribution in [3.05, 3.63) is 24.3 Å². The number of carbonyl (C=O) groups excluding carboxylic acids is 2. The van der Waals surface area contributed by atoms with Crippen LogP contribution in [0.1, 0.15) is 470 Å². The van der Waals surface area contributed by atoms with Crippen LogP contribution >= 0.6 is 0 Å². The lowest BCUT2D eigenvalue weighted by atomic mass is 10.0. The average Bonchev–Trinajstić information content (AvgIpc) is 3.54. The van der Waals surface area contributed by atoms with Gasteiger partial charge in [0.2, 0.25) is 5.91 Å². The fourth-order valence-electron chi connectivity index (χ4n) is 13.2. The molecule has 0 spiro atoms. The summed E-state index contributed by atoms with van der Waals surface area (Å²) in [6, 6.07) is -0.625. The SMILES string of the molecule is CCCCCCCCC/C=C\CCCCCCCCCC(=O)OCCCCCCCCCCCCCCCCCCCCCCCCCCCCCCCCCCC(=O)NC(CO)C(O)/C=C/CCCCCCCCCCCCCCCCCCCCCC. The molecule has 0 aliphatic rings. The molecular formula is C83H161NO5. The first-order chi connectivity index (χ1) is 44.0. The molecule has 0 bridgehead atoms. The fraction of sp³-hybridized carbons (Fsp3) is 0.928. The van der Waals surface area contributed by atoms with E-state index in [4.69, 9.17) is 4.74 Å². The largest absolute Gasteiger partial charge is 0.466 e. The van der Waals surface area contributed by atoms with Gasteiger partial charge in [0.25, 0.3) is 0 Å². The maximum absolute atomic E-state index is 12.6. The summed E-state index contributed by atoms with van der Waals surface area (Å²) < 4.78 is 5.52. The molecule has 6 nitrogen and oxygen atoms in total. The van der Waals surface area contributed by atoms with Gasteiger partial charge in [-0.1, -0.05) is 423 Å². The van der Waals surface area contributed by atoms with E-state index in [-0.39, 0.29) is 18.5 Å². The van der Waals surface area contributed by atoms with Crippen molar-refractivity contribution in [2.75, 3.05) is 13.2 Å². The molecule has 3 N–H and O–H groups in total. The van der Waals surface area contributed by atoms with Crippen LogP contribution in [0.2, 0.25) is 0 Å². The summed E-state index contributed by atoms with van der Waals surface area (Å²) in [4.78, 5) is 24.7. The second-order valence-electron chi connectivity index (χ2n) is 28.5. The minimum absolute atomic E-state index is 0.0192. The van der Waals surface area contributed by atoms with Gasteiger partial charge in [-0.05, 0) is 57.8 Å². The summed E-state index contributed by atoms with van der Waals surface area (Å²) in [5.41, 5.74) is 0. The number of esters is 1. The van der Waals surface area contributed by atoms with Gasteiger partial charge in [-0.25, -0.2) is 0 Å².